The molecule has 1 aromatic heterocycles. The summed E-state index contributed by atoms with van der Waals surface area (Å²) in [4.78, 5) is 3.95. The lowest BCUT2D eigenvalue weighted by atomic mass is 10.2. The van der Waals surface area contributed by atoms with Gasteiger partial charge in [-0.15, -0.1) is 0 Å². The summed E-state index contributed by atoms with van der Waals surface area (Å²) in [6, 6.07) is 3.42. The number of nitrogens with zero attached hydrogens (tertiary/aromatic N) is 1. The highest BCUT2D eigenvalue weighted by atomic mass is 32.2. The van der Waals surface area contributed by atoms with Crippen molar-refractivity contribution in [1.29, 1.82) is 0 Å². The minimum Gasteiger partial charge on any atom is -0.264 e. The fraction of sp³-hybridized carbons (Fsp3) is 0.500. The van der Waals surface area contributed by atoms with Gasteiger partial charge in [0.2, 0.25) is 10.0 Å². The topological polar surface area (TPSA) is 59.1 Å². The fourth-order valence-electron chi connectivity index (χ4n) is 1.30. The number of rotatable bonds is 5. The zero-order valence-electron chi connectivity index (χ0n) is 8.97. The van der Waals surface area contributed by atoms with Crippen molar-refractivity contribution < 1.29 is 8.42 Å². The summed E-state index contributed by atoms with van der Waals surface area (Å²) in [6.07, 6.45) is 3.95. The van der Waals surface area contributed by atoms with Gasteiger partial charge in [0.15, 0.2) is 0 Å². The van der Waals surface area contributed by atoms with Gasteiger partial charge >= 0.3 is 0 Å². The summed E-state index contributed by atoms with van der Waals surface area (Å²) in [5.41, 5.74) is 0.872. The summed E-state index contributed by atoms with van der Waals surface area (Å²) in [6.45, 7) is 3.65. The van der Waals surface area contributed by atoms with Gasteiger partial charge in [-0.05, 0) is 25.0 Å². The molecule has 1 atom stereocenters. The van der Waals surface area contributed by atoms with Crippen LogP contribution in [0.25, 0.3) is 0 Å². The predicted octanol–water partition coefficient (Wildman–Crippen LogP) is 1.47. The first kappa shape index (κ1) is 12.1. The first-order valence-electron chi connectivity index (χ1n) is 4.95. The summed E-state index contributed by atoms with van der Waals surface area (Å²) in [5.74, 6) is 0.164. The van der Waals surface area contributed by atoms with Crippen LogP contribution in [0.15, 0.2) is 24.5 Å². The molecule has 0 amide bonds. The second-order valence-electron chi connectivity index (χ2n) is 3.44. The van der Waals surface area contributed by atoms with Crippen LogP contribution in [-0.4, -0.2) is 19.2 Å². The molecule has 4 nitrogen and oxygen atoms in total. The third-order valence-corrected chi connectivity index (χ3v) is 3.67. The fourth-order valence-corrected chi connectivity index (χ4v) is 2.63. The average molecular weight is 228 g/mol. The summed E-state index contributed by atoms with van der Waals surface area (Å²) >= 11 is 0. The van der Waals surface area contributed by atoms with Gasteiger partial charge in [-0.2, -0.15) is 0 Å². The number of sulfonamides is 1. The lowest BCUT2D eigenvalue weighted by Crippen LogP contribution is -2.28. The monoisotopic (exact) mass is 228 g/mol. The standard InChI is InChI=1S/C10H16N2O2S/c1-3-7-15(13,14)12-9(2)10-5-4-6-11-8-10/h4-6,8-9,12H,3,7H2,1-2H3/t9-/m0/s1. The lowest BCUT2D eigenvalue weighted by Gasteiger charge is -2.13. The highest BCUT2D eigenvalue weighted by Crippen LogP contribution is 2.11. The van der Waals surface area contributed by atoms with E-state index < -0.39 is 10.0 Å². The number of aromatic nitrogens is 1. The molecule has 0 aliphatic heterocycles. The zero-order chi connectivity index (χ0) is 11.3. The second kappa shape index (κ2) is 5.23. The van der Waals surface area contributed by atoms with E-state index in [2.05, 4.69) is 9.71 Å². The molecule has 0 fully saturated rings. The maximum atomic E-state index is 11.5. The molecule has 5 heteroatoms. The Morgan fingerprint density at radius 2 is 2.27 bits per heavy atom. The number of hydrogen-bond acceptors (Lipinski definition) is 3. The number of pyridine rings is 1. The van der Waals surface area contributed by atoms with Crippen LogP contribution < -0.4 is 4.72 Å². The van der Waals surface area contributed by atoms with Gasteiger partial charge in [0.05, 0.1) is 5.75 Å². The maximum absolute atomic E-state index is 11.5. The summed E-state index contributed by atoms with van der Waals surface area (Å²) in [5, 5.41) is 0. The third-order valence-electron chi connectivity index (χ3n) is 2.01. The molecule has 0 radical (unpaired) electrons. The van der Waals surface area contributed by atoms with Gasteiger partial charge < -0.3 is 0 Å². The van der Waals surface area contributed by atoms with E-state index in [-0.39, 0.29) is 11.8 Å². The molecule has 0 spiro atoms. The average Bonchev–Trinajstić information content (AvgIpc) is 2.18. The normalized spacial score (nSPS) is 13.7. The Bertz CT molecular complexity index is 389. The van der Waals surface area contributed by atoms with Crippen molar-refractivity contribution in [2.75, 3.05) is 5.75 Å². The molecule has 1 N–H and O–H groups in total. The smallest absolute Gasteiger partial charge is 0.212 e. The molecule has 1 rings (SSSR count). The minimum absolute atomic E-state index is 0.164. The Morgan fingerprint density at radius 1 is 1.53 bits per heavy atom. The molecule has 1 heterocycles. The number of hydrogen-bond donors (Lipinski definition) is 1. The van der Waals surface area contributed by atoms with Gasteiger partial charge in [-0.3, -0.25) is 4.98 Å². The quantitative estimate of drug-likeness (QED) is 0.830. The van der Waals surface area contributed by atoms with Crippen LogP contribution >= 0.6 is 0 Å². The van der Waals surface area contributed by atoms with Crippen molar-refractivity contribution in [2.24, 2.45) is 0 Å². The van der Waals surface area contributed by atoms with Crippen molar-refractivity contribution in [3.05, 3.63) is 30.1 Å². The van der Waals surface area contributed by atoms with Crippen LogP contribution in [0.5, 0.6) is 0 Å². The van der Waals surface area contributed by atoms with Gasteiger partial charge in [0.1, 0.15) is 0 Å². The van der Waals surface area contributed by atoms with E-state index >= 15 is 0 Å². The molecule has 0 aromatic carbocycles. The minimum atomic E-state index is -3.16. The van der Waals surface area contributed by atoms with E-state index in [1.54, 1.807) is 18.5 Å². The van der Waals surface area contributed by atoms with Gasteiger partial charge in [-0.1, -0.05) is 13.0 Å². The Kier molecular flexibility index (Phi) is 4.23. The summed E-state index contributed by atoms with van der Waals surface area (Å²) < 4.78 is 25.6. The maximum Gasteiger partial charge on any atom is 0.212 e. The van der Waals surface area contributed by atoms with Crippen molar-refractivity contribution in [1.82, 2.24) is 9.71 Å². The molecule has 84 valence electrons. The van der Waals surface area contributed by atoms with Crippen LogP contribution in [0.3, 0.4) is 0 Å². The Morgan fingerprint density at radius 3 is 2.80 bits per heavy atom. The highest BCUT2D eigenvalue weighted by molar-refractivity contribution is 7.89. The van der Waals surface area contributed by atoms with E-state index in [1.807, 2.05) is 19.9 Å². The summed E-state index contributed by atoms with van der Waals surface area (Å²) in [7, 11) is -3.16. The largest absolute Gasteiger partial charge is 0.264 e. The van der Waals surface area contributed by atoms with Gasteiger partial charge in [-0.25, -0.2) is 13.1 Å². The second-order valence-corrected chi connectivity index (χ2v) is 5.32. The SMILES string of the molecule is CCCS(=O)(=O)N[C@@H](C)c1cccnc1. The molecule has 1 aromatic rings. The number of nitrogens with one attached hydrogen (secondary N) is 1. The molecule has 0 bridgehead atoms. The molecule has 15 heavy (non-hydrogen) atoms. The molecular formula is C10H16N2O2S. The molecule has 0 saturated carbocycles. The highest BCUT2D eigenvalue weighted by Gasteiger charge is 2.14. The van der Waals surface area contributed by atoms with Crippen LogP contribution in [0.4, 0.5) is 0 Å². The van der Waals surface area contributed by atoms with Crippen LogP contribution in [0.2, 0.25) is 0 Å². The van der Waals surface area contributed by atoms with Crippen LogP contribution in [-0.2, 0) is 10.0 Å². The predicted molar refractivity (Wildman–Crippen MR) is 59.9 cm³/mol. The van der Waals surface area contributed by atoms with Crippen molar-refractivity contribution in [3.63, 3.8) is 0 Å². The Labute approximate surface area is 90.8 Å². The molecule has 0 saturated heterocycles. The van der Waals surface area contributed by atoms with E-state index in [9.17, 15) is 8.42 Å². The zero-order valence-corrected chi connectivity index (χ0v) is 9.79. The molecule has 0 unspecified atom stereocenters. The van der Waals surface area contributed by atoms with Crippen molar-refractivity contribution >= 4 is 10.0 Å². The molecular weight excluding hydrogens is 212 g/mol. The third kappa shape index (κ3) is 3.97. The molecule has 0 aliphatic rings. The van der Waals surface area contributed by atoms with E-state index in [0.717, 1.165) is 5.56 Å². The van der Waals surface area contributed by atoms with Gasteiger partial charge in [0, 0.05) is 18.4 Å². The lowest BCUT2D eigenvalue weighted by molar-refractivity contribution is 0.565. The van der Waals surface area contributed by atoms with Crippen LogP contribution in [0, 0.1) is 0 Å². The van der Waals surface area contributed by atoms with E-state index in [4.69, 9.17) is 0 Å². The Balaban J connectivity index is 2.68. The first-order valence-corrected chi connectivity index (χ1v) is 6.60. The van der Waals surface area contributed by atoms with Crippen molar-refractivity contribution in [2.45, 2.75) is 26.3 Å². The Hall–Kier alpha value is -0.940. The van der Waals surface area contributed by atoms with Gasteiger partial charge in [0.25, 0.3) is 0 Å². The van der Waals surface area contributed by atoms with E-state index in [1.165, 1.54) is 0 Å². The van der Waals surface area contributed by atoms with Crippen LogP contribution in [0.1, 0.15) is 31.9 Å². The first-order chi connectivity index (χ1) is 7.05. The van der Waals surface area contributed by atoms with E-state index in [0.29, 0.717) is 6.42 Å². The van der Waals surface area contributed by atoms with Crippen molar-refractivity contribution in [3.8, 4) is 0 Å². The molecule has 0 aliphatic carbocycles.